The molecular weight excluding hydrogens is 410 g/mol. The van der Waals surface area contributed by atoms with E-state index in [-0.39, 0.29) is 11.9 Å². The number of benzene rings is 2. The molecule has 0 aliphatic rings. The third-order valence-corrected chi connectivity index (χ3v) is 6.08. The molecule has 1 heterocycles. The lowest BCUT2D eigenvalue weighted by Gasteiger charge is -2.20. The van der Waals surface area contributed by atoms with Gasteiger partial charge in [0.1, 0.15) is 16.3 Å². The van der Waals surface area contributed by atoms with Crippen LogP contribution in [0.4, 0.5) is 5.69 Å². The minimum absolute atomic E-state index is 0.253. The van der Waals surface area contributed by atoms with E-state index in [4.69, 9.17) is 4.74 Å². The highest BCUT2D eigenvalue weighted by molar-refractivity contribution is 8.01. The number of hydrogen-bond acceptors (Lipinski definition) is 5. The number of nitrogens with zero attached hydrogens (tertiary/aromatic N) is 1. The van der Waals surface area contributed by atoms with E-state index in [1.807, 2.05) is 69.3 Å². The first-order valence-corrected chi connectivity index (χ1v) is 10.9. The molecule has 6 nitrogen and oxygen atoms in total. The summed E-state index contributed by atoms with van der Waals surface area (Å²) in [5, 5.41) is 2.90. The van der Waals surface area contributed by atoms with Crippen molar-refractivity contribution in [3.63, 3.8) is 0 Å². The van der Waals surface area contributed by atoms with Crippen LogP contribution in [0.1, 0.15) is 42.5 Å². The monoisotopic (exact) mass is 437 g/mol. The number of nitrogens with one attached hydrogen (secondary N) is 2. The molecule has 1 aromatic heterocycles. The quantitative estimate of drug-likeness (QED) is 0.390. The lowest BCUT2D eigenvalue weighted by atomic mass is 10.1. The van der Waals surface area contributed by atoms with Crippen LogP contribution in [0.5, 0.6) is 0 Å². The smallest absolute Gasteiger partial charge is 0.321 e. The summed E-state index contributed by atoms with van der Waals surface area (Å²) in [6, 6.07) is 15.5. The molecule has 2 N–H and O–H groups in total. The van der Waals surface area contributed by atoms with E-state index in [1.54, 1.807) is 0 Å². The summed E-state index contributed by atoms with van der Waals surface area (Å²) < 4.78 is 4.18. The molecule has 31 heavy (non-hydrogen) atoms. The molecule has 2 aromatic carbocycles. The number of anilines is 1. The van der Waals surface area contributed by atoms with Crippen LogP contribution < -0.4 is 5.32 Å². The van der Waals surface area contributed by atoms with E-state index in [0.29, 0.717) is 17.2 Å². The Morgan fingerprint density at radius 1 is 1.10 bits per heavy atom. The van der Waals surface area contributed by atoms with Crippen LogP contribution >= 0.6 is 11.8 Å². The average molecular weight is 438 g/mol. The van der Waals surface area contributed by atoms with Gasteiger partial charge in [-0.2, -0.15) is 0 Å². The number of imidazole rings is 1. The number of ether oxygens (including phenoxy) is 1. The Kier molecular flexibility index (Phi) is 6.85. The van der Waals surface area contributed by atoms with Crippen LogP contribution in [0.2, 0.25) is 0 Å². The Labute approximate surface area is 186 Å². The van der Waals surface area contributed by atoms with Gasteiger partial charge in [-0.3, -0.25) is 9.59 Å². The van der Waals surface area contributed by atoms with E-state index in [0.717, 1.165) is 22.6 Å². The van der Waals surface area contributed by atoms with Gasteiger partial charge in [0.15, 0.2) is 0 Å². The number of esters is 1. The average Bonchev–Trinajstić information content (AvgIpc) is 3.15. The number of aryl methyl sites for hydroxylation is 2. The predicted octanol–water partition coefficient (Wildman–Crippen LogP) is 5.24. The van der Waals surface area contributed by atoms with Gasteiger partial charge in [0.2, 0.25) is 0 Å². The van der Waals surface area contributed by atoms with E-state index < -0.39 is 4.75 Å². The van der Waals surface area contributed by atoms with E-state index >= 15 is 0 Å². The van der Waals surface area contributed by atoms with Gasteiger partial charge in [-0.05, 0) is 57.0 Å². The van der Waals surface area contributed by atoms with Crippen LogP contribution in [0.15, 0.2) is 53.4 Å². The maximum atomic E-state index is 12.7. The summed E-state index contributed by atoms with van der Waals surface area (Å²) in [6.45, 7) is 7.57. The van der Waals surface area contributed by atoms with Crippen molar-refractivity contribution in [2.75, 3.05) is 12.4 Å². The highest BCUT2D eigenvalue weighted by atomic mass is 32.2. The summed E-state index contributed by atoms with van der Waals surface area (Å²) in [7, 11) is 1.39. The van der Waals surface area contributed by atoms with Crippen LogP contribution in [-0.2, 0) is 16.0 Å². The zero-order valence-corrected chi connectivity index (χ0v) is 19.2. The van der Waals surface area contributed by atoms with Crippen molar-refractivity contribution in [1.29, 1.82) is 0 Å². The lowest BCUT2D eigenvalue weighted by molar-refractivity contribution is -0.142. The van der Waals surface area contributed by atoms with Crippen molar-refractivity contribution >= 4 is 29.3 Å². The highest BCUT2D eigenvalue weighted by Crippen LogP contribution is 2.34. The summed E-state index contributed by atoms with van der Waals surface area (Å²) in [6.07, 6.45) is 0.952. The Hall–Kier alpha value is -3.06. The number of rotatable bonds is 7. The molecule has 0 spiro atoms. The minimum Gasteiger partial charge on any atom is -0.468 e. The standard InChI is InChI=1S/C24H27N3O3S/c1-6-16-7-11-18(12-8-16)26-22(28)20-15(2)25-21(27-20)17-9-13-19(14-10-17)31-24(3,4)23(29)30-5/h7-14H,6H2,1-5H3,(H,25,27)(H,26,28). The molecule has 162 valence electrons. The van der Waals surface area contributed by atoms with Gasteiger partial charge in [0.05, 0.1) is 7.11 Å². The topological polar surface area (TPSA) is 84.1 Å². The summed E-state index contributed by atoms with van der Waals surface area (Å²) in [4.78, 5) is 33.2. The molecule has 0 fully saturated rings. The van der Waals surface area contributed by atoms with Gasteiger partial charge in [-0.1, -0.05) is 31.2 Å². The number of amides is 1. The van der Waals surface area contributed by atoms with Crippen molar-refractivity contribution in [3.05, 3.63) is 65.5 Å². The highest BCUT2D eigenvalue weighted by Gasteiger charge is 2.30. The van der Waals surface area contributed by atoms with Crippen LogP contribution in [0.25, 0.3) is 11.4 Å². The number of methoxy groups -OCH3 is 1. The SMILES string of the molecule is CCc1ccc(NC(=O)c2nc(-c3ccc(SC(C)(C)C(=O)OC)cc3)[nH]c2C)cc1. The van der Waals surface area contributed by atoms with E-state index in [1.165, 1.54) is 24.4 Å². The second-order valence-corrected chi connectivity index (χ2v) is 9.39. The number of carbonyl (C=O) groups excluding carboxylic acids is 2. The summed E-state index contributed by atoms with van der Waals surface area (Å²) >= 11 is 1.43. The number of H-pyrrole nitrogens is 1. The third kappa shape index (κ3) is 5.35. The zero-order chi connectivity index (χ0) is 22.6. The minimum atomic E-state index is -0.682. The number of thioether (sulfide) groups is 1. The fourth-order valence-electron chi connectivity index (χ4n) is 3.10. The summed E-state index contributed by atoms with van der Waals surface area (Å²) in [5.74, 6) is 0.0900. The maximum Gasteiger partial charge on any atom is 0.321 e. The van der Waals surface area contributed by atoms with Crippen molar-refractivity contribution in [1.82, 2.24) is 9.97 Å². The molecule has 0 bridgehead atoms. The molecule has 0 atom stereocenters. The Morgan fingerprint density at radius 3 is 2.32 bits per heavy atom. The van der Waals surface area contributed by atoms with E-state index in [2.05, 4.69) is 22.2 Å². The van der Waals surface area contributed by atoms with Crippen molar-refractivity contribution in [3.8, 4) is 11.4 Å². The molecule has 3 rings (SSSR count). The van der Waals surface area contributed by atoms with Gasteiger partial charge >= 0.3 is 5.97 Å². The second-order valence-electron chi connectivity index (χ2n) is 7.69. The maximum absolute atomic E-state index is 12.7. The van der Waals surface area contributed by atoms with Gasteiger partial charge in [-0.25, -0.2) is 4.98 Å². The van der Waals surface area contributed by atoms with Crippen molar-refractivity contribution in [2.24, 2.45) is 0 Å². The fraction of sp³-hybridized carbons (Fsp3) is 0.292. The number of hydrogen-bond donors (Lipinski definition) is 2. The molecule has 1 amide bonds. The fourth-order valence-corrected chi connectivity index (χ4v) is 4.12. The van der Waals surface area contributed by atoms with Crippen LogP contribution in [-0.4, -0.2) is 33.7 Å². The second kappa shape index (κ2) is 9.39. The number of carbonyl (C=O) groups is 2. The van der Waals surface area contributed by atoms with Gasteiger partial charge < -0.3 is 15.0 Å². The van der Waals surface area contributed by atoms with Crippen molar-refractivity contribution < 1.29 is 14.3 Å². The summed E-state index contributed by atoms with van der Waals surface area (Å²) in [5.41, 5.74) is 3.87. The first kappa shape index (κ1) is 22.6. The van der Waals surface area contributed by atoms with Crippen molar-refractivity contribution in [2.45, 2.75) is 43.8 Å². The largest absolute Gasteiger partial charge is 0.468 e. The molecule has 0 aliphatic carbocycles. The Balaban J connectivity index is 1.73. The Bertz CT molecular complexity index is 1070. The number of aromatic nitrogens is 2. The normalized spacial score (nSPS) is 11.3. The van der Waals surface area contributed by atoms with Gasteiger partial charge in [0, 0.05) is 21.8 Å². The molecule has 0 saturated carbocycles. The van der Waals surface area contributed by atoms with Gasteiger partial charge in [0.25, 0.3) is 5.91 Å². The molecule has 0 radical (unpaired) electrons. The first-order valence-electron chi connectivity index (χ1n) is 10.1. The predicted molar refractivity (Wildman–Crippen MR) is 124 cm³/mol. The molecule has 0 unspecified atom stereocenters. The molecule has 0 aliphatic heterocycles. The Morgan fingerprint density at radius 2 is 1.74 bits per heavy atom. The molecule has 0 saturated heterocycles. The zero-order valence-electron chi connectivity index (χ0n) is 18.4. The lowest BCUT2D eigenvalue weighted by Crippen LogP contribution is -2.28. The van der Waals surface area contributed by atoms with Gasteiger partial charge in [-0.15, -0.1) is 11.8 Å². The molecular formula is C24H27N3O3S. The number of aromatic amines is 1. The van der Waals surface area contributed by atoms with E-state index in [9.17, 15) is 9.59 Å². The first-order chi connectivity index (χ1) is 14.7. The third-order valence-electron chi connectivity index (χ3n) is 4.90. The van der Waals surface area contributed by atoms with Crippen LogP contribution in [0, 0.1) is 6.92 Å². The van der Waals surface area contributed by atoms with Crippen LogP contribution in [0.3, 0.4) is 0 Å². The molecule has 3 aromatic rings. The molecule has 7 heteroatoms.